The Morgan fingerprint density at radius 2 is 1.90 bits per heavy atom. The molecule has 0 spiro atoms. The molecule has 1 heterocycles. The summed E-state index contributed by atoms with van der Waals surface area (Å²) >= 11 is 0. The van der Waals surface area contributed by atoms with Gasteiger partial charge in [0.25, 0.3) is 0 Å². The van der Waals surface area contributed by atoms with Gasteiger partial charge < -0.3 is 5.11 Å². The zero-order valence-corrected chi connectivity index (χ0v) is 9.78. The fourth-order valence-electron chi connectivity index (χ4n) is 1.71. The molecule has 0 aliphatic carbocycles. The molecule has 3 nitrogen and oxygen atoms in total. The number of nitrogens with zero attached hydrogens (tertiary/aromatic N) is 1. The van der Waals surface area contributed by atoms with E-state index in [0.717, 1.165) is 0 Å². The summed E-state index contributed by atoms with van der Waals surface area (Å²) in [7, 11) is 0. The van der Waals surface area contributed by atoms with E-state index in [1.807, 2.05) is 0 Å². The van der Waals surface area contributed by atoms with Gasteiger partial charge in [-0.25, -0.2) is 9.18 Å². The standard InChI is InChI=1S/C13H7F4NO2/c14-10-6-9(13(15,16)17)7(5-8(10)12(19)20)11-3-1-2-4-18-11/h1-6H,(H,19,20). The van der Waals surface area contributed by atoms with Crippen LogP contribution >= 0.6 is 0 Å². The predicted octanol–water partition coefficient (Wildman–Crippen LogP) is 3.60. The molecule has 1 aromatic heterocycles. The van der Waals surface area contributed by atoms with Gasteiger partial charge in [-0.2, -0.15) is 13.2 Å². The highest BCUT2D eigenvalue weighted by Gasteiger charge is 2.35. The van der Waals surface area contributed by atoms with E-state index >= 15 is 0 Å². The summed E-state index contributed by atoms with van der Waals surface area (Å²) in [6.45, 7) is 0. The van der Waals surface area contributed by atoms with Gasteiger partial charge in [0, 0.05) is 11.8 Å². The zero-order chi connectivity index (χ0) is 14.9. The zero-order valence-electron chi connectivity index (χ0n) is 9.78. The summed E-state index contributed by atoms with van der Waals surface area (Å²) in [6.07, 6.45) is -3.55. The van der Waals surface area contributed by atoms with Crippen LogP contribution in [-0.2, 0) is 6.18 Å². The lowest BCUT2D eigenvalue weighted by molar-refractivity contribution is -0.137. The summed E-state index contributed by atoms with van der Waals surface area (Å²) in [5.74, 6) is -3.09. The van der Waals surface area contributed by atoms with Crippen molar-refractivity contribution in [3.05, 3.63) is 53.5 Å². The number of carbonyl (C=O) groups is 1. The molecule has 0 atom stereocenters. The number of alkyl halides is 3. The number of aromatic carboxylic acids is 1. The lowest BCUT2D eigenvalue weighted by atomic mass is 9.99. The molecule has 20 heavy (non-hydrogen) atoms. The number of hydrogen-bond donors (Lipinski definition) is 1. The average molecular weight is 285 g/mol. The number of pyridine rings is 1. The molecule has 0 amide bonds. The third-order valence-electron chi connectivity index (χ3n) is 2.58. The van der Waals surface area contributed by atoms with E-state index in [4.69, 9.17) is 5.11 Å². The summed E-state index contributed by atoms with van der Waals surface area (Å²) in [6, 6.07) is 5.05. The lowest BCUT2D eigenvalue weighted by Crippen LogP contribution is -2.11. The number of aromatic nitrogens is 1. The molecular formula is C13H7F4NO2. The van der Waals surface area contributed by atoms with E-state index < -0.39 is 34.7 Å². The van der Waals surface area contributed by atoms with Crippen LogP contribution in [0, 0.1) is 5.82 Å². The minimum atomic E-state index is -4.81. The van der Waals surface area contributed by atoms with Crippen LogP contribution in [0.5, 0.6) is 0 Å². The SMILES string of the molecule is O=C(O)c1cc(-c2ccccn2)c(C(F)(F)F)cc1F. The van der Waals surface area contributed by atoms with Crippen molar-refractivity contribution in [2.75, 3.05) is 0 Å². The van der Waals surface area contributed by atoms with E-state index in [1.165, 1.54) is 24.4 Å². The lowest BCUT2D eigenvalue weighted by Gasteiger charge is -2.13. The fraction of sp³-hybridized carbons (Fsp3) is 0.0769. The first kappa shape index (κ1) is 14.0. The summed E-state index contributed by atoms with van der Waals surface area (Å²) in [4.78, 5) is 14.6. The Labute approximate surface area is 110 Å². The summed E-state index contributed by atoms with van der Waals surface area (Å²) in [5, 5.41) is 8.79. The van der Waals surface area contributed by atoms with Crippen LogP contribution in [0.1, 0.15) is 15.9 Å². The van der Waals surface area contributed by atoms with Crippen molar-refractivity contribution in [2.24, 2.45) is 0 Å². The number of halogens is 4. The van der Waals surface area contributed by atoms with Gasteiger partial charge in [0.15, 0.2) is 0 Å². The van der Waals surface area contributed by atoms with Crippen LogP contribution in [0.2, 0.25) is 0 Å². The van der Waals surface area contributed by atoms with Gasteiger partial charge in [-0.05, 0) is 24.3 Å². The Kier molecular flexibility index (Phi) is 3.44. The number of benzene rings is 1. The van der Waals surface area contributed by atoms with Crippen LogP contribution in [0.4, 0.5) is 17.6 Å². The van der Waals surface area contributed by atoms with E-state index in [9.17, 15) is 22.4 Å². The Balaban J connectivity index is 2.76. The normalized spacial score (nSPS) is 11.4. The predicted molar refractivity (Wildman–Crippen MR) is 61.6 cm³/mol. The monoisotopic (exact) mass is 285 g/mol. The first-order valence-corrected chi connectivity index (χ1v) is 5.36. The molecule has 0 fully saturated rings. The second-order valence-electron chi connectivity index (χ2n) is 3.90. The first-order chi connectivity index (χ1) is 9.30. The Morgan fingerprint density at radius 3 is 2.40 bits per heavy atom. The van der Waals surface area contributed by atoms with Gasteiger partial charge in [0.2, 0.25) is 0 Å². The average Bonchev–Trinajstić information content (AvgIpc) is 2.38. The highest BCUT2D eigenvalue weighted by molar-refractivity contribution is 5.90. The molecule has 2 rings (SSSR count). The maximum Gasteiger partial charge on any atom is 0.417 e. The number of hydrogen-bond acceptors (Lipinski definition) is 2. The van der Waals surface area contributed by atoms with Gasteiger partial charge in [-0.1, -0.05) is 6.07 Å². The highest BCUT2D eigenvalue weighted by atomic mass is 19.4. The first-order valence-electron chi connectivity index (χ1n) is 5.36. The van der Waals surface area contributed by atoms with Crippen molar-refractivity contribution in [3.8, 4) is 11.3 Å². The third-order valence-corrected chi connectivity index (χ3v) is 2.58. The van der Waals surface area contributed by atoms with Crippen LogP contribution in [0.15, 0.2) is 36.5 Å². The number of carboxylic acids is 1. The molecule has 0 aliphatic rings. The summed E-state index contributed by atoms with van der Waals surface area (Å²) in [5.41, 5.74) is -2.66. The minimum Gasteiger partial charge on any atom is -0.478 e. The van der Waals surface area contributed by atoms with Gasteiger partial charge >= 0.3 is 12.1 Å². The van der Waals surface area contributed by atoms with Crippen LogP contribution in [-0.4, -0.2) is 16.1 Å². The molecule has 0 saturated heterocycles. The molecule has 0 saturated carbocycles. The van der Waals surface area contributed by atoms with Gasteiger partial charge in [-0.3, -0.25) is 4.98 Å². The molecule has 0 bridgehead atoms. The van der Waals surface area contributed by atoms with Crippen molar-refractivity contribution in [2.45, 2.75) is 6.18 Å². The molecule has 1 N–H and O–H groups in total. The third kappa shape index (κ3) is 2.61. The largest absolute Gasteiger partial charge is 0.478 e. The highest BCUT2D eigenvalue weighted by Crippen LogP contribution is 2.37. The van der Waals surface area contributed by atoms with E-state index in [1.54, 1.807) is 0 Å². The van der Waals surface area contributed by atoms with Crippen LogP contribution in [0.3, 0.4) is 0 Å². The quantitative estimate of drug-likeness (QED) is 0.858. The minimum absolute atomic E-state index is 0.0812. The van der Waals surface area contributed by atoms with Crippen molar-refractivity contribution >= 4 is 5.97 Å². The van der Waals surface area contributed by atoms with E-state index in [0.29, 0.717) is 6.07 Å². The van der Waals surface area contributed by atoms with Gasteiger partial charge in [0.1, 0.15) is 5.82 Å². The molecule has 104 valence electrons. The van der Waals surface area contributed by atoms with Crippen LogP contribution < -0.4 is 0 Å². The van der Waals surface area contributed by atoms with Crippen LogP contribution in [0.25, 0.3) is 11.3 Å². The maximum absolute atomic E-state index is 13.4. The van der Waals surface area contributed by atoms with Crippen molar-refractivity contribution < 1.29 is 27.5 Å². The molecular weight excluding hydrogens is 278 g/mol. The molecule has 2 aromatic rings. The topological polar surface area (TPSA) is 50.2 Å². The molecule has 7 heteroatoms. The van der Waals surface area contributed by atoms with Crippen molar-refractivity contribution in [1.29, 1.82) is 0 Å². The maximum atomic E-state index is 13.4. The second kappa shape index (κ2) is 4.92. The van der Waals surface area contributed by atoms with E-state index in [2.05, 4.69) is 4.98 Å². The molecule has 0 radical (unpaired) electrons. The fourth-order valence-corrected chi connectivity index (χ4v) is 1.71. The van der Waals surface area contributed by atoms with E-state index in [-0.39, 0.29) is 11.8 Å². The van der Waals surface area contributed by atoms with Crippen molar-refractivity contribution in [3.63, 3.8) is 0 Å². The number of rotatable bonds is 2. The van der Waals surface area contributed by atoms with Gasteiger partial charge in [0.05, 0.1) is 16.8 Å². The second-order valence-corrected chi connectivity index (χ2v) is 3.90. The molecule has 0 aliphatic heterocycles. The smallest absolute Gasteiger partial charge is 0.417 e. The van der Waals surface area contributed by atoms with Crippen molar-refractivity contribution in [1.82, 2.24) is 4.98 Å². The Hall–Kier alpha value is -2.44. The molecule has 0 unspecified atom stereocenters. The summed E-state index contributed by atoms with van der Waals surface area (Å²) < 4.78 is 52.1. The Bertz CT molecular complexity index is 653. The number of carboxylic acid groups (broad SMARTS) is 1. The molecule has 1 aromatic carbocycles. The Morgan fingerprint density at radius 1 is 1.20 bits per heavy atom. The van der Waals surface area contributed by atoms with Gasteiger partial charge in [-0.15, -0.1) is 0 Å².